The van der Waals surface area contributed by atoms with Gasteiger partial charge in [0.15, 0.2) is 0 Å². The number of fused-ring (bicyclic) bond motifs is 1. The van der Waals surface area contributed by atoms with Crippen molar-refractivity contribution in [3.63, 3.8) is 0 Å². The van der Waals surface area contributed by atoms with Crippen LogP contribution in [0, 0.1) is 11.3 Å². The highest BCUT2D eigenvalue weighted by molar-refractivity contribution is 7.52. The number of nitrogen functional groups attached to an aromatic ring is 1. The number of carbonyl (C=O) groups is 1. The molecule has 14 heteroatoms. The average Bonchev–Trinajstić information content (AvgIpc) is 3.41. The van der Waals surface area contributed by atoms with E-state index in [9.17, 15) is 24.8 Å². The molecular formula is C26H32N5O8P. The van der Waals surface area contributed by atoms with E-state index in [1.807, 2.05) is 6.07 Å². The van der Waals surface area contributed by atoms with Crippen LogP contribution in [0.4, 0.5) is 5.69 Å². The summed E-state index contributed by atoms with van der Waals surface area (Å²) in [6.07, 6.45) is -2.02. The van der Waals surface area contributed by atoms with Crippen molar-refractivity contribution in [3.05, 3.63) is 60.4 Å². The minimum absolute atomic E-state index is 0.121. The summed E-state index contributed by atoms with van der Waals surface area (Å²) in [4.78, 5) is 12.4. The highest BCUT2D eigenvalue weighted by Gasteiger charge is 2.65. The zero-order valence-corrected chi connectivity index (χ0v) is 23.3. The topological polar surface area (TPSA) is 191 Å². The van der Waals surface area contributed by atoms with E-state index in [0.29, 0.717) is 11.2 Å². The number of esters is 1. The zero-order chi connectivity index (χ0) is 29.3. The lowest BCUT2D eigenvalue weighted by Crippen LogP contribution is -2.52. The maximum absolute atomic E-state index is 13.8. The van der Waals surface area contributed by atoms with E-state index < -0.39 is 55.9 Å². The van der Waals surface area contributed by atoms with Crippen molar-refractivity contribution in [2.24, 2.45) is 0 Å². The number of nitrogens with zero attached hydrogens (tertiary/aromatic N) is 3. The summed E-state index contributed by atoms with van der Waals surface area (Å²) in [5.74, 6) is -0.511. The number of rotatable bonds is 10. The van der Waals surface area contributed by atoms with Crippen molar-refractivity contribution in [1.29, 1.82) is 5.26 Å². The second kappa shape index (κ2) is 11.2. The summed E-state index contributed by atoms with van der Waals surface area (Å²) < 4.78 is 37.6. The molecule has 1 aromatic carbocycles. The average molecular weight is 574 g/mol. The number of hydrogen-bond donors (Lipinski definition) is 4. The van der Waals surface area contributed by atoms with Crippen LogP contribution >= 0.6 is 7.75 Å². The van der Waals surface area contributed by atoms with Crippen molar-refractivity contribution >= 4 is 24.9 Å². The van der Waals surface area contributed by atoms with Gasteiger partial charge in [0.2, 0.25) is 5.60 Å². The van der Waals surface area contributed by atoms with E-state index in [4.69, 9.17) is 24.3 Å². The largest absolute Gasteiger partial charge is 0.462 e. The fourth-order valence-electron chi connectivity index (χ4n) is 4.43. The number of ether oxygens (including phenoxy) is 2. The Balaban J connectivity index is 1.61. The smallest absolute Gasteiger partial charge is 0.459 e. The first-order valence-electron chi connectivity index (χ1n) is 12.5. The van der Waals surface area contributed by atoms with Gasteiger partial charge in [0.25, 0.3) is 0 Å². The van der Waals surface area contributed by atoms with E-state index in [1.54, 1.807) is 44.2 Å². The Kier molecular flexibility index (Phi) is 8.23. The number of para-hydroxylation sites is 1. The molecule has 3 aromatic rings. The summed E-state index contributed by atoms with van der Waals surface area (Å²) >= 11 is 0. The lowest BCUT2D eigenvalue weighted by molar-refractivity contribution is -0.149. The summed E-state index contributed by atoms with van der Waals surface area (Å²) in [6.45, 7) is 5.42. The molecule has 1 saturated heterocycles. The van der Waals surface area contributed by atoms with Gasteiger partial charge in [-0.2, -0.15) is 15.4 Å². The molecule has 0 aliphatic carbocycles. The van der Waals surface area contributed by atoms with Crippen molar-refractivity contribution < 1.29 is 38.1 Å². The number of benzene rings is 1. The van der Waals surface area contributed by atoms with Crippen LogP contribution in [0.3, 0.4) is 0 Å². The molecule has 13 nitrogen and oxygen atoms in total. The van der Waals surface area contributed by atoms with E-state index in [-0.39, 0.29) is 11.4 Å². The molecule has 214 valence electrons. The second-order valence-electron chi connectivity index (χ2n) is 9.88. The zero-order valence-electron chi connectivity index (χ0n) is 22.4. The molecule has 1 unspecified atom stereocenters. The third-order valence-electron chi connectivity index (χ3n) is 6.51. The Morgan fingerprint density at radius 3 is 2.62 bits per heavy atom. The van der Waals surface area contributed by atoms with E-state index in [1.165, 1.54) is 42.8 Å². The fourth-order valence-corrected chi connectivity index (χ4v) is 5.93. The van der Waals surface area contributed by atoms with Crippen molar-refractivity contribution in [1.82, 2.24) is 14.7 Å². The molecule has 1 aliphatic heterocycles. The molecule has 3 heterocycles. The summed E-state index contributed by atoms with van der Waals surface area (Å²) in [5, 5.41) is 39.5. The van der Waals surface area contributed by atoms with Crippen LogP contribution in [0.1, 0.15) is 33.4 Å². The van der Waals surface area contributed by atoms with Crippen LogP contribution in [0.5, 0.6) is 5.75 Å². The highest BCUT2D eigenvalue weighted by atomic mass is 31.2. The minimum Gasteiger partial charge on any atom is -0.462 e. The van der Waals surface area contributed by atoms with Gasteiger partial charge in [-0.25, -0.2) is 9.08 Å². The van der Waals surface area contributed by atoms with Crippen molar-refractivity contribution in [2.75, 3.05) is 12.3 Å². The molecule has 0 bridgehead atoms. The molecule has 0 amide bonds. The van der Waals surface area contributed by atoms with E-state index >= 15 is 0 Å². The predicted octanol–water partition coefficient (Wildman–Crippen LogP) is 2.28. The molecule has 0 spiro atoms. The van der Waals surface area contributed by atoms with E-state index in [2.05, 4.69) is 10.2 Å². The molecule has 5 N–H and O–H groups in total. The first-order valence-corrected chi connectivity index (χ1v) is 14.1. The first-order chi connectivity index (χ1) is 18.8. The minimum atomic E-state index is -4.31. The fraction of sp³-hybridized carbons (Fsp3) is 0.423. The summed E-state index contributed by atoms with van der Waals surface area (Å²) in [6, 6.07) is 13.7. The van der Waals surface area contributed by atoms with Gasteiger partial charge in [0.05, 0.1) is 29.6 Å². The van der Waals surface area contributed by atoms with Gasteiger partial charge in [0.1, 0.15) is 35.7 Å². The van der Waals surface area contributed by atoms with Crippen LogP contribution in [-0.2, 0) is 29.0 Å². The number of nitriles is 1. The number of aliphatic hydroxyl groups excluding tert-OH is 1. The predicted molar refractivity (Wildman–Crippen MR) is 143 cm³/mol. The molecule has 40 heavy (non-hydrogen) atoms. The molecule has 0 radical (unpaired) electrons. The van der Waals surface area contributed by atoms with Gasteiger partial charge in [-0.1, -0.05) is 18.2 Å². The number of nitrogens with two attached hydrogens (primary N) is 1. The number of anilines is 1. The Morgan fingerprint density at radius 2 is 1.98 bits per heavy atom. The number of aliphatic hydroxyl groups is 2. The van der Waals surface area contributed by atoms with Gasteiger partial charge in [0, 0.05) is 6.20 Å². The maximum Gasteiger partial charge on any atom is 0.459 e. The second-order valence-corrected chi connectivity index (χ2v) is 11.6. The monoisotopic (exact) mass is 573 g/mol. The van der Waals surface area contributed by atoms with Gasteiger partial charge >= 0.3 is 13.7 Å². The van der Waals surface area contributed by atoms with Crippen LogP contribution < -0.4 is 15.3 Å². The molecular weight excluding hydrogens is 541 g/mol. The first kappa shape index (κ1) is 29.5. The summed E-state index contributed by atoms with van der Waals surface area (Å²) in [7, 11) is -4.31. The third-order valence-corrected chi connectivity index (χ3v) is 8.15. The molecule has 1 fully saturated rings. The van der Waals surface area contributed by atoms with Crippen LogP contribution in [0.2, 0.25) is 0 Å². The number of carbonyl (C=O) groups excluding carboxylic acids is 1. The van der Waals surface area contributed by atoms with Gasteiger partial charge in [-0.3, -0.25) is 9.32 Å². The Bertz CT molecular complexity index is 1460. The maximum atomic E-state index is 13.8. The van der Waals surface area contributed by atoms with Gasteiger partial charge in [-0.05, 0) is 58.0 Å². The van der Waals surface area contributed by atoms with Gasteiger partial charge in [-0.15, -0.1) is 0 Å². The molecule has 6 atom stereocenters. The Morgan fingerprint density at radius 1 is 1.27 bits per heavy atom. The lowest BCUT2D eigenvalue weighted by Gasteiger charge is -2.33. The molecule has 1 aliphatic rings. The summed E-state index contributed by atoms with van der Waals surface area (Å²) in [5.41, 5.74) is 2.71. The molecule has 0 saturated carbocycles. The number of hydrogen-bond acceptors (Lipinski definition) is 11. The van der Waals surface area contributed by atoms with Crippen LogP contribution in [0.15, 0.2) is 54.7 Å². The SMILES string of the molecule is CC(C)OC(=O)[C@H](C)NP(=O)(OC[C@H]1O[C@@](C#N)(c2ccc3c(N)ccnn23)[C@](C)(O)[C@@H]1O)Oc1ccccc1. The van der Waals surface area contributed by atoms with Crippen LogP contribution in [-0.4, -0.2) is 62.4 Å². The molecule has 4 rings (SSSR count). The van der Waals surface area contributed by atoms with Crippen LogP contribution in [0.25, 0.3) is 5.52 Å². The van der Waals surface area contributed by atoms with E-state index in [0.717, 1.165) is 0 Å². The number of nitrogens with one attached hydrogen (secondary N) is 1. The highest BCUT2D eigenvalue weighted by Crippen LogP contribution is 2.50. The number of aromatic nitrogens is 2. The van der Waals surface area contributed by atoms with Crippen molar-refractivity contribution in [2.45, 2.75) is 63.3 Å². The Hall–Kier alpha value is -3.50. The standard InChI is InChI=1S/C26H32N5O8P/c1-16(2)37-24(33)17(3)30-40(35,39-18-8-6-5-7-9-18)36-14-21-23(32)25(4,34)26(15-27,38-21)22-11-10-20-19(28)12-13-29-31(20)22/h5-13,16-17,21,23,32,34H,14,28H2,1-4H3,(H,30,35)/t17-,21+,23+,25+,26-,40?/m0/s1. The third kappa shape index (κ3) is 5.42. The molecule has 2 aromatic heterocycles. The lowest BCUT2D eigenvalue weighted by atomic mass is 9.80. The Labute approximate surface area is 231 Å². The van der Waals surface area contributed by atoms with Crippen molar-refractivity contribution in [3.8, 4) is 11.8 Å². The van der Waals surface area contributed by atoms with Gasteiger partial charge < -0.3 is 29.9 Å². The quantitative estimate of drug-likeness (QED) is 0.205. The normalized spacial score (nSPS) is 26.8.